The van der Waals surface area contributed by atoms with Crippen LogP contribution in [0.4, 0.5) is 0 Å². The van der Waals surface area contributed by atoms with Gasteiger partial charge in [0.2, 0.25) is 10.2 Å². The van der Waals surface area contributed by atoms with Crippen LogP contribution < -0.4 is 0 Å². The summed E-state index contributed by atoms with van der Waals surface area (Å²) in [4.78, 5) is 37.7. The van der Waals surface area contributed by atoms with E-state index in [1.54, 1.807) is 54.6 Å². The maximum Gasteiger partial charge on any atom is 0.335 e. The zero-order valence-corrected chi connectivity index (χ0v) is 17.6. The Kier molecular flexibility index (Phi) is 6.99. The Hall–Kier alpha value is -3.71. The quantitative estimate of drug-likeness (QED) is 0.432. The topological polar surface area (TPSA) is 71.4 Å². The highest BCUT2D eigenvalue weighted by molar-refractivity contribution is 8.14. The van der Waals surface area contributed by atoms with Crippen molar-refractivity contribution in [2.24, 2.45) is 0 Å². The maximum atomic E-state index is 12.6. The minimum Gasteiger partial charge on any atom is -0.478 e. The molecule has 0 atom stereocenters. The van der Waals surface area contributed by atoms with Gasteiger partial charge in [0.1, 0.15) is 0 Å². The summed E-state index contributed by atoms with van der Waals surface area (Å²) in [6, 6.07) is 17.6. The molecule has 4 nitrogen and oxygen atoms in total. The van der Waals surface area contributed by atoms with Gasteiger partial charge < -0.3 is 5.11 Å². The Morgan fingerprint density at radius 1 is 0.677 bits per heavy atom. The second-order valence-corrected chi connectivity index (χ2v) is 8.32. The molecule has 3 aromatic carbocycles. The first-order valence-corrected chi connectivity index (χ1v) is 10.5. The minimum atomic E-state index is -1.16. The number of carbonyl (C=O) groups is 3. The fraction of sp³-hybridized carbons (Fsp3) is 0. The first-order valence-electron chi connectivity index (χ1n) is 8.85. The lowest BCUT2D eigenvalue weighted by atomic mass is 10.1. The van der Waals surface area contributed by atoms with Crippen LogP contribution in [0.15, 0.2) is 76.5 Å². The minimum absolute atomic E-state index is 0.0251. The van der Waals surface area contributed by atoms with Gasteiger partial charge in [0, 0.05) is 32.0 Å². The number of carboxylic acids is 1. The summed E-state index contributed by atoms with van der Waals surface area (Å²) in [6.45, 7) is 0. The standard InChI is InChI=1S/C25H14O4S2/c1-3-16-7-5-9-18(11-16)24(28)30-21-13-20(23(26)27)14-22(15-21)31-25(29)19-10-6-8-17(4-2)12-19/h1-2,5-15H,(H,26,27). The normalized spacial score (nSPS) is 10.0. The number of terminal acetylenes is 2. The Labute approximate surface area is 188 Å². The molecule has 6 heteroatoms. The van der Waals surface area contributed by atoms with Gasteiger partial charge in [-0.15, -0.1) is 12.8 Å². The summed E-state index contributed by atoms with van der Waals surface area (Å²) in [6.07, 6.45) is 10.8. The molecule has 0 spiro atoms. The Morgan fingerprint density at radius 2 is 1.13 bits per heavy atom. The average Bonchev–Trinajstić information content (AvgIpc) is 2.78. The van der Waals surface area contributed by atoms with Crippen molar-refractivity contribution < 1.29 is 19.5 Å². The van der Waals surface area contributed by atoms with E-state index in [0.29, 0.717) is 32.0 Å². The second-order valence-electron chi connectivity index (χ2n) is 6.23. The number of hydrogen-bond acceptors (Lipinski definition) is 5. The molecule has 0 unspecified atom stereocenters. The summed E-state index contributed by atoms with van der Waals surface area (Å²) in [5.74, 6) is 3.79. The molecule has 0 aliphatic rings. The molecular formula is C25H14O4S2. The fourth-order valence-corrected chi connectivity index (χ4v) is 4.35. The molecule has 3 rings (SSSR count). The van der Waals surface area contributed by atoms with E-state index in [4.69, 9.17) is 12.8 Å². The van der Waals surface area contributed by atoms with E-state index >= 15 is 0 Å². The molecule has 1 N–H and O–H groups in total. The Balaban J connectivity index is 1.87. The summed E-state index contributed by atoms with van der Waals surface area (Å²) in [7, 11) is 0. The molecule has 0 aromatic heterocycles. The van der Waals surface area contributed by atoms with E-state index < -0.39 is 5.97 Å². The van der Waals surface area contributed by atoms with E-state index in [2.05, 4.69) is 11.8 Å². The van der Waals surface area contributed by atoms with E-state index in [1.807, 2.05) is 0 Å². The molecule has 0 aliphatic heterocycles. The highest BCUT2D eigenvalue weighted by Crippen LogP contribution is 2.31. The molecule has 0 aliphatic carbocycles. The van der Waals surface area contributed by atoms with Gasteiger partial charge in [-0.25, -0.2) is 4.79 Å². The lowest BCUT2D eigenvalue weighted by Crippen LogP contribution is -2.00. The maximum absolute atomic E-state index is 12.6. The van der Waals surface area contributed by atoms with Gasteiger partial charge in [-0.05, 0) is 66.0 Å². The van der Waals surface area contributed by atoms with Gasteiger partial charge in [0.05, 0.1) is 5.56 Å². The molecule has 0 bridgehead atoms. The molecule has 0 saturated carbocycles. The Bertz CT molecular complexity index is 1190. The average molecular weight is 443 g/mol. The Morgan fingerprint density at radius 3 is 1.52 bits per heavy atom. The first-order chi connectivity index (χ1) is 14.9. The van der Waals surface area contributed by atoms with Crippen LogP contribution in [0.1, 0.15) is 42.2 Å². The number of rotatable bonds is 5. The molecule has 31 heavy (non-hydrogen) atoms. The number of benzene rings is 3. The highest BCUT2D eigenvalue weighted by atomic mass is 32.2. The predicted octanol–water partition coefficient (Wildman–Crippen LogP) is 5.21. The van der Waals surface area contributed by atoms with Crippen molar-refractivity contribution in [1.82, 2.24) is 0 Å². The van der Waals surface area contributed by atoms with Crippen LogP contribution in [0.2, 0.25) is 0 Å². The third-order valence-electron chi connectivity index (χ3n) is 4.08. The number of hydrogen-bond donors (Lipinski definition) is 1. The van der Waals surface area contributed by atoms with E-state index in [0.717, 1.165) is 23.5 Å². The van der Waals surface area contributed by atoms with Crippen LogP contribution in [0.3, 0.4) is 0 Å². The van der Waals surface area contributed by atoms with Gasteiger partial charge in [0.15, 0.2) is 0 Å². The molecule has 150 valence electrons. The smallest absolute Gasteiger partial charge is 0.335 e. The van der Waals surface area contributed by atoms with Gasteiger partial charge in [-0.3, -0.25) is 9.59 Å². The zero-order valence-electron chi connectivity index (χ0n) is 16.0. The van der Waals surface area contributed by atoms with Crippen LogP contribution in [0, 0.1) is 24.7 Å². The van der Waals surface area contributed by atoms with Gasteiger partial charge in [0.25, 0.3) is 0 Å². The lowest BCUT2D eigenvalue weighted by Gasteiger charge is -2.07. The summed E-state index contributed by atoms with van der Waals surface area (Å²) in [5.41, 5.74) is 1.92. The van der Waals surface area contributed by atoms with Gasteiger partial charge >= 0.3 is 5.97 Å². The fourth-order valence-electron chi connectivity index (χ4n) is 2.62. The zero-order chi connectivity index (χ0) is 22.4. The lowest BCUT2D eigenvalue weighted by molar-refractivity contribution is 0.0695. The van der Waals surface area contributed by atoms with E-state index in [9.17, 15) is 19.5 Å². The summed E-state index contributed by atoms with van der Waals surface area (Å²) >= 11 is 1.74. The van der Waals surface area contributed by atoms with Crippen molar-refractivity contribution in [1.29, 1.82) is 0 Å². The highest BCUT2D eigenvalue weighted by Gasteiger charge is 2.16. The molecule has 0 radical (unpaired) electrons. The van der Waals surface area contributed by atoms with Crippen LogP contribution in [0.5, 0.6) is 0 Å². The number of carbonyl (C=O) groups excluding carboxylic acids is 2. The van der Waals surface area contributed by atoms with Crippen molar-refractivity contribution in [2.75, 3.05) is 0 Å². The number of thioether (sulfide) groups is 2. The van der Waals surface area contributed by atoms with Crippen molar-refractivity contribution >= 4 is 39.7 Å². The van der Waals surface area contributed by atoms with E-state index in [1.165, 1.54) is 12.1 Å². The van der Waals surface area contributed by atoms with Crippen molar-refractivity contribution in [3.8, 4) is 24.7 Å². The third kappa shape index (κ3) is 5.67. The molecule has 3 aromatic rings. The molecular weight excluding hydrogens is 428 g/mol. The molecule has 0 saturated heterocycles. The van der Waals surface area contributed by atoms with Gasteiger partial charge in [-0.2, -0.15) is 0 Å². The van der Waals surface area contributed by atoms with Gasteiger partial charge in [-0.1, -0.05) is 36.1 Å². The largest absolute Gasteiger partial charge is 0.478 e. The molecule has 0 heterocycles. The summed E-state index contributed by atoms with van der Waals surface area (Å²) < 4.78 is 0. The monoisotopic (exact) mass is 442 g/mol. The summed E-state index contributed by atoms with van der Waals surface area (Å²) in [5, 5.41) is 8.86. The number of carboxylic acid groups (broad SMARTS) is 1. The third-order valence-corrected chi connectivity index (χ3v) is 5.86. The second kappa shape index (κ2) is 9.86. The SMILES string of the molecule is C#Cc1cccc(C(=O)Sc2cc(SC(=O)c3cccc(C#C)c3)cc(C(=O)O)c2)c1. The van der Waals surface area contributed by atoms with Crippen molar-refractivity contribution in [2.45, 2.75) is 9.79 Å². The van der Waals surface area contributed by atoms with Crippen molar-refractivity contribution in [3.05, 3.63) is 94.5 Å². The number of aromatic carboxylic acids is 1. The first kappa shape index (κ1) is 22.0. The van der Waals surface area contributed by atoms with Crippen LogP contribution in [-0.4, -0.2) is 21.3 Å². The molecule has 0 fully saturated rings. The van der Waals surface area contributed by atoms with Crippen LogP contribution in [-0.2, 0) is 0 Å². The van der Waals surface area contributed by atoms with Crippen LogP contribution in [0.25, 0.3) is 0 Å². The van der Waals surface area contributed by atoms with E-state index in [-0.39, 0.29) is 15.8 Å². The predicted molar refractivity (Wildman–Crippen MR) is 123 cm³/mol. The molecule has 0 amide bonds. The van der Waals surface area contributed by atoms with Crippen molar-refractivity contribution in [3.63, 3.8) is 0 Å². The van der Waals surface area contributed by atoms with Crippen LogP contribution >= 0.6 is 23.5 Å².